The zero-order chi connectivity index (χ0) is 17.6. The van der Waals surface area contributed by atoms with E-state index in [0.717, 1.165) is 18.8 Å². The Morgan fingerprint density at radius 2 is 1.68 bits per heavy atom. The van der Waals surface area contributed by atoms with Gasteiger partial charge in [-0.3, -0.25) is 0 Å². The normalized spacial score (nSPS) is 13.4. The van der Waals surface area contributed by atoms with Crippen LogP contribution in [0.5, 0.6) is 11.5 Å². The molecule has 1 heterocycles. The van der Waals surface area contributed by atoms with Gasteiger partial charge in [0.05, 0.1) is 19.9 Å². The van der Waals surface area contributed by atoms with E-state index in [1.54, 1.807) is 32.4 Å². The smallest absolute Gasteiger partial charge is 0.323 e. The van der Waals surface area contributed by atoms with Crippen LogP contribution in [0.4, 0.5) is 21.9 Å². The second-order valence-electron chi connectivity index (χ2n) is 5.89. The van der Waals surface area contributed by atoms with E-state index in [9.17, 15) is 4.79 Å². The Labute approximate surface area is 147 Å². The lowest BCUT2D eigenvalue weighted by molar-refractivity contribution is 0.262. The van der Waals surface area contributed by atoms with Crippen LogP contribution in [0.1, 0.15) is 12.8 Å². The monoisotopic (exact) mass is 341 g/mol. The van der Waals surface area contributed by atoms with E-state index < -0.39 is 0 Å². The van der Waals surface area contributed by atoms with E-state index in [2.05, 4.69) is 15.5 Å². The first kappa shape index (κ1) is 17.0. The fourth-order valence-corrected chi connectivity index (χ4v) is 2.93. The van der Waals surface area contributed by atoms with Gasteiger partial charge < -0.3 is 25.0 Å². The van der Waals surface area contributed by atoms with Crippen molar-refractivity contribution in [3.8, 4) is 11.5 Å². The third kappa shape index (κ3) is 4.15. The molecular weight excluding hydrogens is 318 g/mol. The van der Waals surface area contributed by atoms with Crippen LogP contribution < -0.4 is 25.0 Å². The summed E-state index contributed by atoms with van der Waals surface area (Å²) in [6, 6.07) is 12.8. The lowest BCUT2D eigenvalue weighted by Gasteiger charge is -2.18. The minimum absolute atomic E-state index is 0.333. The topological polar surface area (TPSA) is 62.8 Å². The molecule has 132 valence electrons. The Kier molecular flexibility index (Phi) is 5.28. The number of ether oxygens (including phenoxy) is 2. The molecule has 1 aliphatic heterocycles. The van der Waals surface area contributed by atoms with Crippen LogP contribution in [-0.2, 0) is 0 Å². The van der Waals surface area contributed by atoms with Crippen molar-refractivity contribution in [2.75, 3.05) is 42.8 Å². The van der Waals surface area contributed by atoms with Crippen LogP contribution in [-0.4, -0.2) is 33.3 Å². The first-order chi connectivity index (χ1) is 12.2. The van der Waals surface area contributed by atoms with Gasteiger partial charge in [-0.1, -0.05) is 0 Å². The van der Waals surface area contributed by atoms with E-state index in [4.69, 9.17) is 9.47 Å². The van der Waals surface area contributed by atoms with Crippen LogP contribution in [0, 0.1) is 0 Å². The summed E-state index contributed by atoms with van der Waals surface area (Å²) in [6.07, 6.45) is 2.48. The van der Waals surface area contributed by atoms with Crippen LogP contribution >= 0.6 is 0 Å². The summed E-state index contributed by atoms with van der Waals surface area (Å²) in [6.45, 7) is 2.20. The average molecular weight is 341 g/mol. The van der Waals surface area contributed by atoms with E-state index in [-0.39, 0.29) is 6.03 Å². The summed E-state index contributed by atoms with van der Waals surface area (Å²) < 4.78 is 10.4. The summed E-state index contributed by atoms with van der Waals surface area (Å²) in [5.41, 5.74) is 2.48. The molecule has 0 unspecified atom stereocenters. The zero-order valence-corrected chi connectivity index (χ0v) is 14.5. The van der Waals surface area contributed by atoms with E-state index in [0.29, 0.717) is 17.2 Å². The molecule has 6 nitrogen and oxygen atoms in total. The quantitative estimate of drug-likeness (QED) is 0.864. The van der Waals surface area contributed by atoms with Crippen molar-refractivity contribution in [3.63, 3.8) is 0 Å². The van der Waals surface area contributed by atoms with Crippen molar-refractivity contribution in [3.05, 3.63) is 42.5 Å². The average Bonchev–Trinajstić information content (AvgIpc) is 3.17. The van der Waals surface area contributed by atoms with Gasteiger partial charge in [0.15, 0.2) is 0 Å². The molecule has 0 aliphatic carbocycles. The van der Waals surface area contributed by atoms with Gasteiger partial charge in [0.2, 0.25) is 0 Å². The van der Waals surface area contributed by atoms with Crippen molar-refractivity contribution in [1.29, 1.82) is 0 Å². The number of carbonyl (C=O) groups excluding carboxylic acids is 1. The molecule has 2 aromatic rings. The fourth-order valence-electron chi connectivity index (χ4n) is 2.93. The molecule has 0 radical (unpaired) electrons. The van der Waals surface area contributed by atoms with Crippen molar-refractivity contribution >= 4 is 23.1 Å². The molecule has 2 N–H and O–H groups in total. The number of carbonyl (C=O) groups is 1. The SMILES string of the molecule is COc1ccc(OC)c(NC(=O)Nc2ccc(N3CCCC3)cc2)c1. The Balaban J connectivity index is 1.64. The summed E-state index contributed by atoms with van der Waals surface area (Å²) in [5.74, 6) is 1.21. The maximum absolute atomic E-state index is 12.3. The van der Waals surface area contributed by atoms with Crippen molar-refractivity contribution in [1.82, 2.24) is 0 Å². The number of benzene rings is 2. The summed E-state index contributed by atoms with van der Waals surface area (Å²) in [4.78, 5) is 14.6. The molecule has 3 rings (SSSR count). The largest absolute Gasteiger partial charge is 0.497 e. The van der Waals surface area contributed by atoms with Gasteiger partial charge >= 0.3 is 6.03 Å². The van der Waals surface area contributed by atoms with Gasteiger partial charge in [0.25, 0.3) is 0 Å². The van der Waals surface area contributed by atoms with Gasteiger partial charge in [-0.05, 0) is 49.2 Å². The van der Waals surface area contributed by atoms with Crippen molar-refractivity contribution in [2.24, 2.45) is 0 Å². The molecule has 1 aliphatic rings. The molecule has 0 saturated carbocycles. The minimum Gasteiger partial charge on any atom is -0.497 e. The molecule has 0 aromatic heterocycles. The molecule has 2 aromatic carbocycles. The van der Waals surface area contributed by atoms with Gasteiger partial charge in [-0.15, -0.1) is 0 Å². The highest BCUT2D eigenvalue weighted by Gasteiger charge is 2.13. The molecule has 0 spiro atoms. The van der Waals surface area contributed by atoms with E-state index >= 15 is 0 Å². The zero-order valence-electron chi connectivity index (χ0n) is 14.5. The molecule has 6 heteroatoms. The van der Waals surface area contributed by atoms with Crippen molar-refractivity contribution < 1.29 is 14.3 Å². The van der Waals surface area contributed by atoms with Crippen LogP contribution in [0.15, 0.2) is 42.5 Å². The lowest BCUT2D eigenvalue weighted by atomic mass is 10.2. The number of amides is 2. The molecule has 0 atom stereocenters. The van der Waals surface area contributed by atoms with Crippen LogP contribution in [0.2, 0.25) is 0 Å². The minimum atomic E-state index is -0.333. The second kappa shape index (κ2) is 7.79. The Bertz CT molecular complexity index is 725. The van der Waals surface area contributed by atoms with Crippen molar-refractivity contribution in [2.45, 2.75) is 12.8 Å². The molecular formula is C19H23N3O3. The highest BCUT2D eigenvalue weighted by Crippen LogP contribution is 2.29. The summed E-state index contributed by atoms with van der Waals surface area (Å²) >= 11 is 0. The highest BCUT2D eigenvalue weighted by molar-refractivity contribution is 6.00. The predicted molar refractivity (Wildman–Crippen MR) is 100 cm³/mol. The summed E-state index contributed by atoms with van der Waals surface area (Å²) in [7, 11) is 3.13. The third-order valence-corrected chi connectivity index (χ3v) is 4.25. The number of methoxy groups -OCH3 is 2. The third-order valence-electron chi connectivity index (χ3n) is 4.25. The standard InChI is InChI=1S/C19H23N3O3/c1-24-16-9-10-18(25-2)17(13-16)21-19(23)20-14-5-7-15(8-6-14)22-11-3-4-12-22/h5-10,13H,3-4,11-12H2,1-2H3,(H2,20,21,23). The van der Waals surface area contributed by atoms with Crippen LogP contribution in [0.3, 0.4) is 0 Å². The van der Waals surface area contributed by atoms with Crippen LogP contribution in [0.25, 0.3) is 0 Å². The first-order valence-corrected chi connectivity index (χ1v) is 8.34. The molecule has 1 saturated heterocycles. The van der Waals surface area contributed by atoms with Gasteiger partial charge in [-0.25, -0.2) is 4.79 Å². The van der Waals surface area contributed by atoms with E-state index in [1.165, 1.54) is 18.5 Å². The first-order valence-electron chi connectivity index (χ1n) is 8.34. The van der Waals surface area contributed by atoms with Gasteiger partial charge in [0, 0.05) is 30.5 Å². The lowest BCUT2D eigenvalue weighted by Crippen LogP contribution is -2.20. The van der Waals surface area contributed by atoms with Gasteiger partial charge in [-0.2, -0.15) is 0 Å². The number of hydrogen-bond donors (Lipinski definition) is 2. The van der Waals surface area contributed by atoms with Gasteiger partial charge in [0.1, 0.15) is 11.5 Å². The molecule has 0 bridgehead atoms. The summed E-state index contributed by atoms with van der Waals surface area (Å²) in [5, 5.41) is 5.62. The number of urea groups is 1. The number of rotatable bonds is 5. The fraction of sp³-hybridized carbons (Fsp3) is 0.316. The highest BCUT2D eigenvalue weighted by atomic mass is 16.5. The number of nitrogens with one attached hydrogen (secondary N) is 2. The molecule has 2 amide bonds. The Hall–Kier alpha value is -2.89. The number of anilines is 3. The Morgan fingerprint density at radius 1 is 0.960 bits per heavy atom. The molecule has 1 fully saturated rings. The maximum Gasteiger partial charge on any atom is 0.323 e. The second-order valence-corrected chi connectivity index (χ2v) is 5.89. The predicted octanol–water partition coefficient (Wildman–Crippen LogP) is 3.95. The molecule has 25 heavy (non-hydrogen) atoms. The number of nitrogens with zero attached hydrogens (tertiary/aromatic N) is 1. The Morgan fingerprint density at radius 3 is 2.32 bits per heavy atom. The van der Waals surface area contributed by atoms with E-state index in [1.807, 2.05) is 24.3 Å². The maximum atomic E-state index is 12.3. The number of hydrogen-bond acceptors (Lipinski definition) is 4.